The van der Waals surface area contributed by atoms with E-state index in [4.69, 9.17) is 4.42 Å². The van der Waals surface area contributed by atoms with Gasteiger partial charge in [-0.15, -0.1) is 0 Å². The standard InChI is InChI=1S/C23H31N5O3/c1-25(13-17-6-11-31-16-17)23(30)22-19-12-18(20-4-2-5-21(29)28(20)22)14-26(15-19)9-10-27-8-3-7-24-27/h3,6-8,11,16,18-20,22H,2,4-5,9-10,12-15H2,1H3/t18-,19+,20+,22-/m1/s1. The lowest BCUT2D eigenvalue weighted by Crippen LogP contribution is -2.68. The number of piperidine rings is 3. The molecule has 166 valence electrons. The predicted octanol–water partition coefficient (Wildman–Crippen LogP) is 1.84. The number of amides is 2. The van der Waals surface area contributed by atoms with Crippen molar-refractivity contribution in [3.63, 3.8) is 0 Å². The molecule has 2 aromatic rings. The van der Waals surface area contributed by atoms with E-state index in [9.17, 15) is 9.59 Å². The number of likely N-dealkylation sites (tertiary alicyclic amines) is 1. The topological polar surface area (TPSA) is 74.8 Å². The van der Waals surface area contributed by atoms with Gasteiger partial charge in [0.05, 0.1) is 19.1 Å². The molecule has 0 spiro atoms. The molecule has 0 aliphatic carbocycles. The average molecular weight is 426 g/mol. The molecule has 3 saturated heterocycles. The summed E-state index contributed by atoms with van der Waals surface area (Å²) in [5, 5.41) is 4.32. The number of rotatable bonds is 6. The Morgan fingerprint density at radius 3 is 2.94 bits per heavy atom. The number of hydrogen-bond acceptors (Lipinski definition) is 5. The lowest BCUT2D eigenvalue weighted by Gasteiger charge is -2.56. The van der Waals surface area contributed by atoms with Crippen molar-refractivity contribution in [1.29, 1.82) is 0 Å². The first-order valence-corrected chi connectivity index (χ1v) is 11.4. The summed E-state index contributed by atoms with van der Waals surface area (Å²) >= 11 is 0. The highest BCUT2D eigenvalue weighted by Gasteiger charge is 2.52. The molecule has 0 saturated carbocycles. The molecule has 2 aromatic heterocycles. The van der Waals surface area contributed by atoms with E-state index in [1.807, 2.05) is 35.0 Å². The molecule has 2 bridgehead atoms. The van der Waals surface area contributed by atoms with Gasteiger partial charge in [-0.2, -0.15) is 5.10 Å². The van der Waals surface area contributed by atoms with Crippen molar-refractivity contribution >= 4 is 11.8 Å². The summed E-state index contributed by atoms with van der Waals surface area (Å²) in [5.74, 6) is 0.836. The maximum absolute atomic E-state index is 13.6. The van der Waals surface area contributed by atoms with Gasteiger partial charge in [0.1, 0.15) is 6.04 Å². The van der Waals surface area contributed by atoms with Gasteiger partial charge in [-0.1, -0.05) is 0 Å². The number of fused-ring (bicyclic) bond motifs is 4. The SMILES string of the molecule is CN(Cc1ccoc1)C(=O)[C@H]1[C@H]2C[C@H](CN(CCn3cccn3)C2)[C@@H]2CCCC(=O)N21. The number of hydrogen-bond donors (Lipinski definition) is 0. The van der Waals surface area contributed by atoms with Crippen LogP contribution in [0.5, 0.6) is 0 Å². The van der Waals surface area contributed by atoms with E-state index in [1.54, 1.807) is 23.6 Å². The average Bonchev–Trinajstić information content (AvgIpc) is 3.47. The maximum Gasteiger partial charge on any atom is 0.245 e. The maximum atomic E-state index is 13.6. The Balaban J connectivity index is 1.35. The fourth-order valence-corrected chi connectivity index (χ4v) is 5.89. The molecule has 2 amide bonds. The van der Waals surface area contributed by atoms with Crippen molar-refractivity contribution in [3.05, 3.63) is 42.6 Å². The van der Waals surface area contributed by atoms with E-state index in [0.29, 0.717) is 18.9 Å². The van der Waals surface area contributed by atoms with E-state index in [1.165, 1.54) is 0 Å². The molecule has 5 rings (SSSR count). The van der Waals surface area contributed by atoms with Gasteiger partial charge >= 0.3 is 0 Å². The summed E-state index contributed by atoms with van der Waals surface area (Å²) in [4.78, 5) is 32.9. The minimum absolute atomic E-state index is 0.0545. The van der Waals surface area contributed by atoms with Crippen molar-refractivity contribution in [1.82, 2.24) is 24.5 Å². The Hall–Kier alpha value is -2.61. The lowest BCUT2D eigenvalue weighted by atomic mass is 9.71. The molecule has 5 heterocycles. The molecule has 3 aliphatic heterocycles. The lowest BCUT2D eigenvalue weighted by molar-refractivity contribution is -0.165. The molecule has 8 nitrogen and oxygen atoms in total. The smallest absolute Gasteiger partial charge is 0.245 e. The summed E-state index contributed by atoms with van der Waals surface area (Å²) in [6, 6.07) is 3.65. The van der Waals surface area contributed by atoms with E-state index in [2.05, 4.69) is 10.00 Å². The zero-order valence-electron chi connectivity index (χ0n) is 18.1. The number of aromatic nitrogens is 2. The number of nitrogens with zero attached hydrogens (tertiary/aromatic N) is 5. The fourth-order valence-electron chi connectivity index (χ4n) is 5.89. The second-order valence-corrected chi connectivity index (χ2v) is 9.32. The predicted molar refractivity (Wildman–Crippen MR) is 114 cm³/mol. The number of carbonyl (C=O) groups is 2. The van der Waals surface area contributed by atoms with Crippen LogP contribution in [0.25, 0.3) is 0 Å². The van der Waals surface area contributed by atoms with Crippen LogP contribution in [0.1, 0.15) is 31.2 Å². The van der Waals surface area contributed by atoms with Crippen LogP contribution in [0.4, 0.5) is 0 Å². The zero-order valence-corrected chi connectivity index (χ0v) is 18.1. The molecule has 0 N–H and O–H groups in total. The van der Waals surface area contributed by atoms with Crippen molar-refractivity contribution in [3.8, 4) is 0 Å². The van der Waals surface area contributed by atoms with Gasteiger partial charge in [-0.25, -0.2) is 0 Å². The highest BCUT2D eigenvalue weighted by Crippen LogP contribution is 2.42. The van der Waals surface area contributed by atoms with Crippen LogP contribution in [0.15, 0.2) is 41.5 Å². The van der Waals surface area contributed by atoms with Crippen LogP contribution in [-0.2, 0) is 22.7 Å². The first kappa shape index (κ1) is 20.3. The van der Waals surface area contributed by atoms with E-state index < -0.39 is 0 Å². The van der Waals surface area contributed by atoms with Crippen molar-refractivity contribution < 1.29 is 14.0 Å². The van der Waals surface area contributed by atoms with Crippen molar-refractivity contribution in [2.75, 3.05) is 26.7 Å². The highest BCUT2D eigenvalue weighted by molar-refractivity contribution is 5.89. The molecular formula is C23H31N5O3. The third kappa shape index (κ3) is 4.01. The third-order valence-corrected chi connectivity index (χ3v) is 7.25. The van der Waals surface area contributed by atoms with Crippen LogP contribution >= 0.6 is 0 Å². The number of likely N-dealkylation sites (N-methyl/N-ethyl adjacent to an activating group) is 1. The first-order valence-electron chi connectivity index (χ1n) is 11.4. The summed E-state index contributed by atoms with van der Waals surface area (Å²) in [5.41, 5.74) is 0.968. The molecule has 0 radical (unpaired) electrons. The largest absolute Gasteiger partial charge is 0.472 e. The van der Waals surface area contributed by atoms with Crippen LogP contribution in [0, 0.1) is 11.8 Å². The van der Waals surface area contributed by atoms with Gasteiger partial charge in [0.25, 0.3) is 0 Å². The minimum atomic E-state index is -0.363. The second kappa shape index (κ2) is 8.49. The van der Waals surface area contributed by atoms with Crippen molar-refractivity contribution in [2.45, 2.75) is 50.9 Å². The molecular weight excluding hydrogens is 394 g/mol. The summed E-state index contributed by atoms with van der Waals surface area (Å²) < 4.78 is 7.12. The number of furan rings is 1. The van der Waals surface area contributed by atoms with Crippen molar-refractivity contribution in [2.24, 2.45) is 11.8 Å². The fraction of sp³-hybridized carbons (Fsp3) is 0.609. The van der Waals surface area contributed by atoms with E-state index in [0.717, 1.165) is 51.0 Å². The van der Waals surface area contributed by atoms with Crippen LogP contribution in [0.3, 0.4) is 0 Å². The molecule has 4 atom stereocenters. The normalized spacial score (nSPS) is 28.4. The van der Waals surface area contributed by atoms with Gasteiger partial charge in [-0.3, -0.25) is 14.3 Å². The van der Waals surface area contributed by atoms with Crippen LogP contribution in [0.2, 0.25) is 0 Å². The zero-order chi connectivity index (χ0) is 21.4. The Bertz CT molecular complexity index is 896. The number of carbonyl (C=O) groups excluding carboxylic acids is 2. The highest BCUT2D eigenvalue weighted by atomic mass is 16.3. The van der Waals surface area contributed by atoms with E-state index in [-0.39, 0.29) is 29.8 Å². The quantitative estimate of drug-likeness (QED) is 0.706. The van der Waals surface area contributed by atoms with Gasteiger partial charge < -0.3 is 19.1 Å². The summed E-state index contributed by atoms with van der Waals surface area (Å²) in [7, 11) is 1.84. The van der Waals surface area contributed by atoms with E-state index >= 15 is 0 Å². The Morgan fingerprint density at radius 1 is 1.29 bits per heavy atom. The summed E-state index contributed by atoms with van der Waals surface area (Å²) in [6.07, 6.45) is 10.6. The third-order valence-electron chi connectivity index (χ3n) is 7.25. The van der Waals surface area contributed by atoms with Crippen LogP contribution in [-0.4, -0.2) is 75.1 Å². The molecule has 8 heteroatoms. The Morgan fingerprint density at radius 2 is 2.16 bits per heavy atom. The Kier molecular flexibility index (Phi) is 5.56. The second-order valence-electron chi connectivity index (χ2n) is 9.32. The molecule has 0 aromatic carbocycles. The minimum Gasteiger partial charge on any atom is -0.472 e. The van der Waals surface area contributed by atoms with Crippen LogP contribution < -0.4 is 0 Å². The van der Waals surface area contributed by atoms with Gasteiger partial charge in [0.2, 0.25) is 11.8 Å². The van der Waals surface area contributed by atoms with Gasteiger partial charge in [0, 0.05) is 69.6 Å². The van der Waals surface area contributed by atoms with Gasteiger partial charge in [0.15, 0.2) is 0 Å². The first-order chi connectivity index (χ1) is 15.1. The van der Waals surface area contributed by atoms with Gasteiger partial charge in [-0.05, 0) is 37.3 Å². The molecule has 0 unspecified atom stereocenters. The molecule has 31 heavy (non-hydrogen) atoms. The Labute approximate surface area is 182 Å². The molecule has 3 fully saturated rings. The molecule has 3 aliphatic rings. The monoisotopic (exact) mass is 425 g/mol. The summed E-state index contributed by atoms with van der Waals surface area (Å²) in [6.45, 7) is 4.11.